The van der Waals surface area contributed by atoms with E-state index in [4.69, 9.17) is 9.47 Å². The molecule has 238 valence electrons. The minimum atomic E-state index is -3.67. The Morgan fingerprint density at radius 3 is 2.49 bits per heavy atom. The van der Waals surface area contributed by atoms with Gasteiger partial charge in [0.25, 0.3) is 10.2 Å². The number of amides is 3. The highest BCUT2D eigenvalue weighted by Crippen LogP contribution is 2.25. The second-order valence-corrected chi connectivity index (χ2v) is 13.7. The van der Waals surface area contributed by atoms with Gasteiger partial charge in [0, 0.05) is 45.8 Å². The number of aromatic nitrogens is 2. The largest absolute Gasteiger partial charge is 0.444 e. The lowest BCUT2D eigenvalue weighted by molar-refractivity contribution is -0.135. The van der Waals surface area contributed by atoms with Crippen LogP contribution in [-0.2, 0) is 42.7 Å². The van der Waals surface area contributed by atoms with Crippen LogP contribution >= 0.6 is 0 Å². The number of alkyl carbamates (subject to hydrolysis) is 1. The van der Waals surface area contributed by atoms with Gasteiger partial charge in [-0.3, -0.25) is 24.0 Å². The maximum Gasteiger partial charge on any atom is 0.407 e. The van der Waals surface area contributed by atoms with Crippen molar-refractivity contribution in [3.8, 4) is 0 Å². The van der Waals surface area contributed by atoms with Crippen molar-refractivity contribution in [2.45, 2.75) is 77.0 Å². The molecule has 2 aliphatic rings. The van der Waals surface area contributed by atoms with E-state index in [9.17, 15) is 27.6 Å². The van der Waals surface area contributed by atoms with Crippen molar-refractivity contribution < 1.29 is 32.3 Å². The number of benzene rings is 1. The molecule has 2 aromatic rings. The molecule has 3 amide bonds. The Kier molecular flexibility index (Phi) is 10.3. The fourth-order valence-corrected chi connectivity index (χ4v) is 6.68. The maximum atomic E-state index is 13.1. The van der Waals surface area contributed by atoms with E-state index in [0.717, 1.165) is 11.1 Å². The third-order valence-corrected chi connectivity index (χ3v) is 9.10. The first-order valence-electron chi connectivity index (χ1n) is 14.6. The van der Waals surface area contributed by atoms with Gasteiger partial charge in [-0.1, -0.05) is 12.1 Å². The molecule has 0 aliphatic carbocycles. The van der Waals surface area contributed by atoms with Crippen LogP contribution in [0.5, 0.6) is 0 Å². The first kappa shape index (κ1) is 32.6. The van der Waals surface area contributed by atoms with Gasteiger partial charge in [-0.25, -0.2) is 9.59 Å². The van der Waals surface area contributed by atoms with Crippen molar-refractivity contribution in [1.82, 2.24) is 28.8 Å². The molecule has 0 saturated carbocycles. The van der Waals surface area contributed by atoms with Gasteiger partial charge in [-0.05, 0) is 64.5 Å². The predicted octanol–water partition coefficient (Wildman–Crippen LogP) is 1.09. The molecule has 1 atom stereocenters. The summed E-state index contributed by atoms with van der Waals surface area (Å²) in [5.41, 5.74) is 1.38. The molecule has 0 bridgehead atoms. The number of imide groups is 1. The minimum absolute atomic E-state index is 0.122. The van der Waals surface area contributed by atoms with E-state index >= 15 is 0 Å². The summed E-state index contributed by atoms with van der Waals surface area (Å²) >= 11 is 0. The number of hydrogen-bond donors (Lipinski definition) is 3. The van der Waals surface area contributed by atoms with Crippen molar-refractivity contribution in [3.63, 3.8) is 0 Å². The summed E-state index contributed by atoms with van der Waals surface area (Å²) in [5.74, 6) is -0.808. The number of ether oxygens (including phenoxy) is 2. The first-order chi connectivity index (χ1) is 20.3. The number of para-hydroxylation sites is 1. The zero-order valence-electron chi connectivity index (χ0n) is 25.2. The van der Waals surface area contributed by atoms with Gasteiger partial charge in [-0.15, -0.1) is 0 Å². The number of imidazole rings is 1. The molecule has 1 unspecified atom stereocenters. The maximum absolute atomic E-state index is 13.1. The van der Waals surface area contributed by atoms with Crippen LogP contribution in [0.15, 0.2) is 23.0 Å². The zero-order chi connectivity index (χ0) is 31.4. The number of rotatable bonds is 11. The van der Waals surface area contributed by atoms with Crippen LogP contribution in [0.4, 0.5) is 4.79 Å². The molecule has 14 nitrogen and oxygen atoms in total. The number of fused-ring (bicyclic) bond motifs is 1. The topological polar surface area (TPSA) is 170 Å². The molecular formula is C28H42N6O8S. The van der Waals surface area contributed by atoms with Gasteiger partial charge in [0.05, 0.1) is 17.6 Å². The Morgan fingerprint density at radius 1 is 1.09 bits per heavy atom. The molecule has 1 aromatic heterocycles. The Labute approximate surface area is 251 Å². The van der Waals surface area contributed by atoms with E-state index in [1.54, 1.807) is 33.9 Å². The molecule has 2 aliphatic heterocycles. The minimum Gasteiger partial charge on any atom is -0.444 e. The summed E-state index contributed by atoms with van der Waals surface area (Å²) < 4.78 is 43.2. The van der Waals surface area contributed by atoms with Crippen molar-refractivity contribution >= 4 is 39.2 Å². The van der Waals surface area contributed by atoms with Crippen LogP contribution in [-0.4, -0.2) is 84.3 Å². The standard InChI is InChI=1S/C28H42N6O8S/c1-28(2,3)42-26(37)30-20-12-15-33(16-13-20)43(39,40)29-14-18-41-17-6-8-19-7-5-9-21-24(19)32(4)27(38)34(21)22-10-11-23(35)31-25(22)36/h5,7,9,20,22,29H,6,8,10-18H2,1-4H3,(H,30,37)(H,31,35,36). The lowest BCUT2D eigenvalue weighted by Gasteiger charge is -2.32. The van der Waals surface area contributed by atoms with Gasteiger partial charge in [0.2, 0.25) is 11.8 Å². The Morgan fingerprint density at radius 2 is 1.81 bits per heavy atom. The summed E-state index contributed by atoms with van der Waals surface area (Å²) in [7, 11) is -2.00. The molecule has 1 aromatic carbocycles. The van der Waals surface area contributed by atoms with Crippen molar-refractivity contribution in [3.05, 3.63) is 34.2 Å². The van der Waals surface area contributed by atoms with Crippen LogP contribution < -0.4 is 21.0 Å². The zero-order valence-corrected chi connectivity index (χ0v) is 26.0. The normalized spacial score (nSPS) is 19.0. The van der Waals surface area contributed by atoms with Crippen molar-refractivity contribution in [2.24, 2.45) is 7.05 Å². The van der Waals surface area contributed by atoms with Crippen LogP contribution in [0.1, 0.15) is 64.5 Å². The summed E-state index contributed by atoms with van der Waals surface area (Å²) in [6, 6.07) is 4.68. The van der Waals surface area contributed by atoms with Crippen LogP contribution in [0.3, 0.4) is 0 Å². The number of hydrogen-bond acceptors (Lipinski definition) is 8. The van der Waals surface area contributed by atoms with Crippen LogP contribution in [0.25, 0.3) is 11.0 Å². The van der Waals surface area contributed by atoms with E-state index < -0.39 is 33.9 Å². The lowest BCUT2D eigenvalue weighted by atomic mass is 10.0. The van der Waals surface area contributed by atoms with Gasteiger partial charge in [0.1, 0.15) is 11.6 Å². The van der Waals surface area contributed by atoms with Gasteiger partial charge in [0.15, 0.2) is 0 Å². The molecule has 4 rings (SSSR count). The molecule has 2 saturated heterocycles. The summed E-state index contributed by atoms with van der Waals surface area (Å²) in [6.07, 6.45) is 2.19. The quantitative estimate of drug-likeness (QED) is 0.247. The number of carbonyl (C=O) groups is 3. The molecule has 15 heteroatoms. The monoisotopic (exact) mass is 622 g/mol. The van der Waals surface area contributed by atoms with E-state index in [1.165, 1.54) is 13.4 Å². The van der Waals surface area contributed by atoms with Gasteiger partial charge in [-0.2, -0.15) is 17.4 Å². The highest BCUT2D eigenvalue weighted by Gasteiger charge is 2.32. The van der Waals surface area contributed by atoms with Crippen molar-refractivity contribution in [2.75, 3.05) is 32.8 Å². The average molecular weight is 623 g/mol. The number of aryl methyl sites for hydroxylation is 2. The average Bonchev–Trinajstić information content (AvgIpc) is 3.17. The van der Waals surface area contributed by atoms with Crippen molar-refractivity contribution in [1.29, 1.82) is 0 Å². The van der Waals surface area contributed by atoms with E-state index in [2.05, 4.69) is 15.4 Å². The molecule has 3 N–H and O–H groups in total. The predicted molar refractivity (Wildman–Crippen MR) is 159 cm³/mol. The lowest BCUT2D eigenvalue weighted by Crippen LogP contribution is -2.50. The molecular weight excluding hydrogens is 580 g/mol. The van der Waals surface area contributed by atoms with E-state index in [1.807, 2.05) is 12.1 Å². The van der Waals surface area contributed by atoms with Gasteiger partial charge >= 0.3 is 11.8 Å². The molecule has 0 spiro atoms. The van der Waals surface area contributed by atoms with Gasteiger partial charge < -0.3 is 14.8 Å². The fourth-order valence-electron chi connectivity index (χ4n) is 5.47. The summed E-state index contributed by atoms with van der Waals surface area (Å²) in [5, 5.41) is 5.11. The summed E-state index contributed by atoms with van der Waals surface area (Å²) in [4.78, 5) is 49.1. The number of carbonyl (C=O) groups excluding carboxylic acids is 3. The number of piperidine rings is 2. The Bertz CT molecular complexity index is 1500. The summed E-state index contributed by atoms with van der Waals surface area (Å²) in [6.45, 7) is 6.64. The van der Waals surface area contributed by atoms with Crippen LogP contribution in [0, 0.1) is 0 Å². The molecule has 3 heterocycles. The highest BCUT2D eigenvalue weighted by atomic mass is 32.2. The van der Waals surface area contributed by atoms with E-state index in [-0.39, 0.29) is 56.7 Å². The smallest absolute Gasteiger partial charge is 0.407 e. The number of nitrogens with zero attached hydrogens (tertiary/aromatic N) is 3. The molecule has 43 heavy (non-hydrogen) atoms. The second kappa shape index (κ2) is 13.6. The Balaban J connectivity index is 1.20. The molecule has 2 fully saturated rings. The second-order valence-electron chi connectivity index (χ2n) is 11.9. The number of nitrogens with one attached hydrogen (secondary N) is 3. The molecule has 0 radical (unpaired) electrons. The fraction of sp³-hybridized carbons (Fsp3) is 0.643. The first-order valence-corrected chi connectivity index (χ1v) is 16.1. The Hall–Kier alpha value is -3.27. The van der Waals surface area contributed by atoms with E-state index in [0.29, 0.717) is 37.8 Å². The third kappa shape index (κ3) is 8.22. The highest BCUT2D eigenvalue weighted by molar-refractivity contribution is 7.87. The third-order valence-electron chi connectivity index (χ3n) is 7.49. The van der Waals surface area contributed by atoms with Crippen LogP contribution in [0.2, 0.25) is 0 Å². The SMILES string of the molecule is Cn1c(=O)n(C2CCC(=O)NC2=O)c2cccc(CCCOCCNS(=O)(=O)N3CCC(NC(=O)OC(C)(C)C)CC3)c21.